The molecule has 2 rings (SSSR count). The minimum Gasteiger partial charge on any atom is -0.435 e. The molecule has 2 aromatic carbocycles. The van der Waals surface area contributed by atoms with E-state index < -0.39 is 16.6 Å². The lowest BCUT2D eigenvalue weighted by Crippen LogP contribution is -2.23. The van der Waals surface area contributed by atoms with Crippen LogP contribution in [0.2, 0.25) is 0 Å². The van der Waals surface area contributed by atoms with Gasteiger partial charge >= 0.3 is 6.61 Å². The lowest BCUT2D eigenvalue weighted by atomic mass is 10.2. The van der Waals surface area contributed by atoms with E-state index in [0.717, 1.165) is 10.0 Å². The summed E-state index contributed by atoms with van der Waals surface area (Å²) in [4.78, 5) is 0.137. The Hall–Kier alpha value is -1.51. The van der Waals surface area contributed by atoms with Gasteiger partial charge in [-0.05, 0) is 48.4 Å². The Morgan fingerprint density at radius 3 is 2.61 bits per heavy atom. The molecule has 2 aromatic rings. The molecule has 8 heteroatoms. The number of hydrogen-bond donors (Lipinski definition) is 1. The molecular weight excluding hydrogens is 392 g/mol. The molecule has 0 aliphatic heterocycles. The normalized spacial score (nSPS) is 11.7. The average molecular weight is 406 g/mol. The van der Waals surface area contributed by atoms with Crippen molar-refractivity contribution in [3.63, 3.8) is 0 Å². The van der Waals surface area contributed by atoms with Gasteiger partial charge in [-0.1, -0.05) is 28.1 Å². The van der Waals surface area contributed by atoms with Crippen LogP contribution in [0.1, 0.15) is 11.1 Å². The van der Waals surface area contributed by atoms with Gasteiger partial charge in [0.1, 0.15) is 5.75 Å². The van der Waals surface area contributed by atoms with Gasteiger partial charge in [0.25, 0.3) is 0 Å². The molecule has 0 atom stereocenters. The van der Waals surface area contributed by atoms with Gasteiger partial charge in [-0.2, -0.15) is 8.78 Å². The maximum Gasteiger partial charge on any atom is 0.387 e. The Kier molecular flexibility index (Phi) is 5.72. The zero-order valence-corrected chi connectivity index (χ0v) is 14.5. The highest BCUT2D eigenvalue weighted by Gasteiger charge is 2.15. The fourth-order valence-electron chi connectivity index (χ4n) is 1.88. The number of benzene rings is 2. The molecule has 0 aliphatic carbocycles. The smallest absolute Gasteiger partial charge is 0.387 e. The summed E-state index contributed by atoms with van der Waals surface area (Å²) >= 11 is 3.31. The first kappa shape index (κ1) is 17.8. The van der Waals surface area contributed by atoms with E-state index in [-0.39, 0.29) is 17.2 Å². The number of hydrogen-bond acceptors (Lipinski definition) is 3. The summed E-state index contributed by atoms with van der Waals surface area (Å²) in [5.74, 6) is -0.0174. The molecule has 0 amide bonds. The van der Waals surface area contributed by atoms with Gasteiger partial charge in [-0.3, -0.25) is 0 Å². The zero-order valence-electron chi connectivity index (χ0n) is 12.1. The van der Waals surface area contributed by atoms with Gasteiger partial charge < -0.3 is 4.74 Å². The van der Waals surface area contributed by atoms with E-state index in [0.29, 0.717) is 5.56 Å². The number of nitrogens with one attached hydrogen (secondary N) is 1. The standard InChI is InChI=1S/C15H14BrF2NO3S/c1-10-7-13(5-6-14(10)16)23(20,21)19-9-11-3-2-4-12(8-11)22-15(17)18/h2-8,15,19H,9H2,1H3. The first-order chi connectivity index (χ1) is 10.8. The second-order valence-corrected chi connectivity index (χ2v) is 7.38. The van der Waals surface area contributed by atoms with Crippen molar-refractivity contribution in [1.29, 1.82) is 0 Å². The van der Waals surface area contributed by atoms with Crippen molar-refractivity contribution in [1.82, 2.24) is 4.72 Å². The van der Waals surface area contributed by atoms with E-state index >= 15 is 0 Å². The van der Waals surface area contributed by atoms with Crippen LogP contribution < -0.4 is 9.46 Å². The topological polar surface area (TPSA) is 55.4 Å². The quantitative estimate of drug-likeness (QED) is 0.794. The predicted molar refractivity (Wildman–Crippen MR) is 86.0 cm³/mol. The number of halogens is 3. The second-order valence-electron chi connectivity index (χ2n) is 4.76. The van der Waals surface area contributed by atoms with Gasteiger partial charge in [-0.15, -0.1) is 0 Å². The minimum absolute atomic E-state index is 0.0174. The van der Waals surface area contributed by atoms with Gasteiger partial charge in [0, 0.05) is 11.0 Å². The Morgan fingerprint density at radius 2 is 1.96 bits per heavy atom. The summed E-state index contributed by atoms with van der Waals surface area (Å²) in [6.45, 7) is -1.17. The fraction of sp³-hybridized carbons (Fsp3) is 0.200. The van der Waals surface area contributed by atoms with Gasteiger partial charge in [0.2, 0.25) is 10.0 Å². The highest BCUT2D eigenvalue weighted by Crippen LogP contribution is 2.20. The summed E-state index contributed by atoms with van der Waals surface area (Å²) in [5.41, 5.74) is 1.31. The average Bonchev–Trinajstić information content (AvgIpc) is 2.48. The first-order valence-electron chi connectivity index (χ1n) is 6.57. The highest BCUT2D eigenvalue weighted by atomic mass is 79.9. The molecule has 0 heterocycles. The van der Waals surface area contributed by atoms with E-state index in [4.69, 9.17) is 0 Å². The molecule has 0 unspecified atom stereocenters. The maximum atomic E-state index is 12.3. The van der Waals surface area contributed by atoms with E-state index in [1.807, 2.05) is 0 Å². The fourth-order valence-corrected chi connectivity index (χ4v) is 3.23. The van der Waals surface area contributed by atoms with Crippen molar-refractivity contribution in [2.24, 2.45) is 0 Å². The third-order valence-electron chi connectivity index (χ3n) is 3.03. The van der Waals surface area contributed by atoms with Crippen molar-refractivity contribution in [3.8, 4) is 5.75 Å². The highest BCUT2D eigenvalue weighted by molar-refractivity contribution is 9.10. The van der Waals surface area contributed by atoms with Crippen LogP contribution >= 0.6 is 15.9 Å². The van der Waals surface area contributed by atoms with Crippen molar-refractivity contribution in [3.05, 3.63) is 58.1 Å². The van der Waals surface area contributed by atoms with Gasteiger partial charge in [-0.25, -0.2) is 13.1 Å². The third-order valence-corrected chi connectivity index (χ3v) is 5.32. The molecule has 1 N–H and O–H groups in total. The molecule has 0 saturated carbocycles. The maximum absolute atomic E-state index is 12.3. The summed E-state index contributed by atoms with van der Waals surface area (Å²) in [7, 11) is -3.69. The Bertz CT molecular complexity index is 797. The van der Waals surface area contributed by atoms with Crippen molar-refractivity contribution in [2.75, 3.05) is 0 Å². The molecule has 124 valence electrons. The van der Waals surface area contributed by atoms with Crippen LogP contribution in [0.4, 0.5) is 8.78 Å². The van der Waals surface area contributed by atoms with E-state index in [2.05, 4.69) is 25.4 Å². The number of alkyl halides is 2. The van der Waals surface area contributed by atoms with Crippen molar-refractivity contribution in [2.45, 2.75) is 25.0 Å². The Balaban J connectivity index is 2.11. The van der Waals surface area contributed by atoms with Gasteiger partial charge in [0.05, 0.1) is 4.90 Å². The SMILES string of the molecule is Cc1cc(S(=O)(=O)NCc2cccc(OC(F)F)c2)ccc1Br. The second kappa shape index (κ2) is 7.37. The van der Waals surface area contributed by atoms with Crippen molar-refractivity contribution >= 4 is 26.0 Å². The van der Waals surface area contributed by atoms with Crippen LogP contribution in [0.25, 0.3) is 0 Å². The number of rotatable bonds is 6. The molecule has 0 bridgehead atoms. The molecule has 0 radical (unpaired) electrons. The summed E-state index contributed by atoms with van der Waals surface area (Å²) in [5, 5.41) is 0. The number of ether oxygens (including phenoxy) is 1. The summed E-state index contributed by atoms with van der Waals surface area (Å²) in [6.07, 6.45) is 0. The molecule has 0 aromatic heterocycles. The molecule has 23 heavy (non-hydrogen) atoms. The Morgan fingerprint density at radius 1 is 1.22 bits per heavy atom. The Labute approximate surface area is 141 Å². The zero-order chi connectivity index (χ0) is 17.0. The summed E-state index contributed by atoms with van der Waals surface area (Å²) in [6, 6.07) is 10.6. The molecule has 0 saturated heterocycles. The number of sulfonamides is 1. The molecule has 0 aliphatic rings. The van der Waals surface area contributed by atoms with Crippen molar-refractivity contribution < 1.29 is 21.9 Å². The van der Waals surface area contributed by atoms with Crippen LogP contribution in [-0.4, -0.2) is 15.0 Å². The van der Waals surface area contributed by atoms with Gasteiger partial charge in [0.15, 0.2) is 0 Å². The lowest BCUT2D eigenvalue weighted by Gasteiger charge is -2.10. The lowest BCUT2D eigenvalue weighted by molar-refractivity contribution is -0.0498. The summed E-state index contributed by atoms with van der Waals surface area (Å²) < 4.78 is 56.4. The molecule has 0 spiro atoms. The van der Waals surface area contributed by atoms with Crippen LogP contribution in [0.15, 0.2) is 51.8 Å². The van der Waals surface area contributed by atoms with E-state index in [9.17, 15) is 17.2 Å². The third kappa shape index (κ3) is 4.98. The van der Waals surface area contributed by atoms with Crippen LogP contribution in [0, 0.1) is 6.92 Å². The molecular formula is C15H14BrF2NO3S. The van der Waals surface area contributed by atoms with E-state index in [1.165, 1.54) is 24.3 Å². The monoisotopic (exact) mass is 405 g/mol. The molecule has 4 nitrogen and oxygen atoms in total. The first-order valence-corrected chi connectivity index (χ1v) is 8.85. The van der Waals surface area contributed by atoms with E-state index in [1.54, 1.807) is 25.1 Å². The molecule has 0 fully saturated rings. The van der Waals surface area contributed by atoms with Crippen LogP contribution in [0.5, 0.6) is 5.75 Å². The predicted octanol–water partition coefficient (Wildman–Crippen LogP) is 3.84. The van der Waals surface area contributed by atoms with Crippen LogP contribution in [-0.2, 0) is 16.6 Å². The largest absolute Gasteiger partial charge is 0.435 e. The van der Waals surface area contributed by atoms with Crippen LogP contribution in [0.3, 0.4) is 0 Å². The number of aryl methyl sites for hydroxylation is 1. The minimum atomic E-state index is -3.69.